The molecule has 2 fully saturated rings. The lowest BCUT2D eigenvalue weighted by Gasteiger charge is -2.32. The maximum Gasteiger partial charge on any atom is 0.223 e. The molecule has 2 aliphatic rings. The normalized spacial score (nSPS) is 29.4. The van der Waals surface area contributed by atoms with Crippen molar-refractivity contribution in [3.05, 3.63) is 15.5 Å². The summed E-state index contributed by atoms with van der Waals surface area (Å²) in [6, 6.07) is 0.263. The average molecular weight is 286 g/mol. The standard InChI is InChI=1S/C12H16ClN3OS/c13-9-6-15-12(18-9)11-8(14)2-1-3-10(17)16(11)7-4-5-7/h6-8,11H,1-5,14H2. The molecule has 0 bridgehead atoms. The molecule has 0 radical (unpaired) electrons. The molecule has 3 rings (SSSR count). The van der Waals surface area contributed by atoms with Gasteiger partial charge in [0.2, 0.25) is 5.91 Å². The first-order chi connectivity index (χ1) is 8.66. The van der Waals surface area contributed by atoms with Crippen LogP contribution < -0.4 is 5.73 Å². The Bertz CT molecular complexity index is 460. The fraction of sp³-hybridized carbons (Fsp3) is 0.667. The molecule has 98 valence electrons. The molecule has 2 atom stereocenters. The van der Waals surface area contributed by atoms with E-state index in [4.69, 9.17) is 17.3 Å². The number of nitrogens with two attached hydrogens (primary N) is 1. The van der Waals surface area contributed by atoms with Crippen LogP contribution in [0.5, 0.6) is 0 Å². The lowest BCUT2D eigenvalue weighted by atomic mass is 10.0. The zero-order chi connectivity index (χ0) is 12.7. The molecule has 2 heterocycles. The summed E-state index contributed by atoms with van der Waals surface area (Å²) in [4.78, 5) is 18.6. The second-order valence-electron chi connectivity index (χ2n) is 5.04. The zero-order valence-electron chi connectivity index (χ0n) is 10.0. The van der Waals surface area contributed by atoms with Crippen LogP contribution in [-0.4, -0.2) is 27.9 Å². The predicted molar refractivity (Wildman–Crippen MR) is 71.6 cm³/mol. The minimum atomic E-state index is -0.0787. The smallest absolute Gasteiger partial charge is 0.223 e. The van der Waals surface area contributed by atoms with Gasteiger partial charge in [0.25, 0.3) is 0 Å². The minimum Gasteiger partial charge on any atom is -0.329 e. The van der Waals surface area contributed by atoms with Crippen LogP contribution in [0.2, 0.25) is 4.34 Å². The number of aromatic nitrogens is 1. The third kappa shape index (κ3) is 2.27. The lowest BCUT2D eigenvalue weighted by Crippen LogP contribution is -2.43. The highest BCUT2D eigenvalue weighted by atomic mass is 35.5. The molecule has 4 nitrogen and oxygen atoms in total. The molecule has 1 aromatic rings. The number of hydrogen-bond donors (Lipinski definition) is 1. The van der Waals surface area contributed by atoms with Gasteiger partial charge in [0.1, 0.15) is 9.34 Å². The van der Waals surface area contributed by atoms with Crippen molar-refractivity contribution in [3.8, 4) is 0 Å². The van der Waals surface area contributed by atoms with Crippen LogP contribution in [0.25, 0.3) is 0 Å². The Morgan fingerprint density at radius 2 is 2.22 bits per heavy atom. The van der Waals surface area contributed by atoms with Gasteiger partial charge in [-0.1, -0.05) is 11.6 Å². The van der Waals surface area contributed by atoms with E-state index in [0.29, 0.717) is 16.8 Å². The van der Waals surface area contributed by atoms with Crippen molar-refractivity contribution >= 4 is 28.8 Å². The van der Waals surface area contributed by atoms with E-state index in [1.807, 2.05) is 4.90 Å². The average Bonchev–Trinajstić information content (AvgIpc) is 3.08. The molecule has 2 unspecified atom stereocenters. The SMILES string of the molecule is NC1CCCC(=O)N(C2CC2)C1c1ncc(Cl)s1. The molecule has 6 heteroatoms. The Morgan fingerprint density at radius 3 is 2.83 bits per heavy atom. The number of likely N-dealkylation sites (tertiary alicyclic amines) is 1. The molecule has 1 aliphatic carbocycles. The van der Waals surface area contributed by atoms with Gasteiger partial charge in [-0.05, 0) is 25.7 Å². The van der Waals surface area contributed by atoms with Crippen LogP contribution in [-0.2, 0) is 4.79 Å². The number of amides is 1. The summed E-state index contributed by atoms with van der Waals surface area (Å²) >= 11 is 7.40. The fourth-order valence-electron chi connectivity index (χ4n) is 2.63. The summed E-state index contributed by atoms with van der Waals surface area (Å²) < 4.78 is 0.657. The van der Waals surface area contributed by atoms with E-state index >= 15 is 0 Å². The van der Waals surface area contributed by atoms with Crippen LogP contribution in [0.3, 0.4) is 0 Å². The van der Waals surface area contributed by atoms with Crippen LogP contribution in [0.4, 0.5) is 0 Å². The molecular formula is C12H16ClN3OS. The Balaban J connectivity index is 1.96. The van der Waals surface area contributed by atoms with E-state index in [1.54, 1.807) is 6.20 Å². The Morgan fingerprint density at radius 1 is 1.44 bits per heavy atom. The number of halogens is 1. The molecular weight excluding hydrogens is 270 g/mol. The molecule has 1 aromatic heterocycles. The summed E-state index contributed by atoms with van der Waals surface area (Å²) in [5.41, 5.74) is 6.27. The third-order valence-electron chi connectivity index (χ3n) is 3.61. The van der Waals surface area contributed by atoms with Crippen LogP contribution in [0.1, 0.15) is 43.2 Å². The molecule has 1 saturated carbocycles. The van der Waals surface area contributed by atoms with Crippen molar-refractivity contribution < 1.29 is 4.79 Å². The number of carbonyl (C=O) groups is 1. The summed E-state index contributed by atoms with van der Waals surface area (Å²) in [6.45, 7) is 0. The molecule has 1 saturated heterocycles. The van der Waals surface area contributed by atoms with Crippen molar-refractivity contribution in [2.24, 2.45) is 5.73 Å². The Kier molecular flexibility index (Phi) is 3.30. The number of carbonyl (C=O) groups excluding carboxylic acids is 1. The highest BCUT2D eigenvalue weighted by Gasteiger charge is 2.42. The number of thiazole rings is 1. The van der Waals surface area contributed by atoms with E-state index in [2.05, 4.69) is 4.98 Å². The molecule has 1 amide bonds. The van der Waals surface area contributed by atoms with Gasteiger partial charge in [0, 0.05) is 18.5 Å². The largest absolute Gasteiger partial charge is 0.329 e. The predicted octanol–water partition coefficient (Wildman–Crippen LogP) is 2.34. The van der Waals surface area contributed by atoms with Gasteiger partial charge in [0.15, 0.2) is 0 Å². The first-order valence-corrected chi connectivity index (χ1v) is 7.54. The minimum absolute atomic E-state index is 0.0285. The monoisotopic (exact) mass is 285 g/mol. The van der Waals surface area contributed by atoms with Gasteiger partial charge in [-0.3, -0.25) is 4.79 Å². The second-order valence-corrected chi connectivity index (χ2v) is 6.73. The highest BCUT2D eigenvalue weighted by Crippen LogP contribution is 2.40. The Labute approximate surface area is 115 Å². The van der Waals surface area contributed by atoms with Gasteiger partial charge >= 0.3 is 0 Å². The second kappa shape index (κ2) is 4.79. The van der Waals surface area contributed by atoms with Gasteiger partial charge in [-0.25, -0.2) is 4.98 Å². The molecule has 1 aliphatic heterocycles. The number of nitrogens with zero attached hydrogens (tertiary/aromatic N) is 2. The van der Waals surface area contributed by atoms with Gasteiger partial charge in [-0.15, -0.1) is 11.3 Å². The summed E-state index contributed by atoms with van der Waals surface area (Å²) in [5.74, 6) is 0.224. The molecule has 0 spiro atoms. The lowest BCUT2D eigenvalue weighted by molar-refractivity contribution is -0.133. The Hall–Kier alpha value is -0.650. The third-order valence-corrected chi connectivity index (χ3v) is 4.80. The van der Waals surface area contributed by atoms with E-state index in [0.717, 1.165) is 30.7 Å². The number of hydrogen-bond acceptors (Lipinski definition) is 4. The zero-order valence-corrected chi connectivity index (χ0v) is 11.6. The van der Waals surface area contributed by atoms with E-state index in [9.17, 15) is 4.79 Å². The van der Waals surface area contributed by atoms with Gasteiger partial charge in [-0.2, -0.15) is 0 Å². The van der Waals surface area contributed by atoms with Crippen molar-refractivity contribution in [1.82, 2.24) is 9.88 Å². The maximum absolute atomic E-state index is 12.2. The van der Waals surface area contributed by atoms with E-state index < -0.39 is 0 Å². The maximum atomic E-state index is 12.2. The summed E-state index contributed by atoms with van der Waals surface area (Å²) in [6.07, 6.45) is 6.19. The fourth-order valence-corrected chi connectivity index (χ4v) is 3.73. The quantitative estimate of drug-likeness (QED) is 0.907. The van der Waals surface area contributed by atoms with Crippen LogP contribution in [0, 0.1) is 0 Å². The van der Waals surface area contributed by atoms with Crippen LogP contribution >= 0.6 is 22.9 Å². The van der Waals surface area contributed by atoms with E-state index in [-0.39, 0.29) is 18.0 Å². The molecule has 0 aromatic carbocycles. The van der Waals surface area contributed by atoms with Gasteiger partial charge in [0.05, 0.1) is 12.2 Å². The van der Waals surface area contributed by atoms with Crippen molar-refractivity contribution in [3.63, 3.8) is 0 Å². The van der Waals surface area contributed by atoms with Crippen molar-refractivity contribution in [2.45, 2.75) is 50.2 Å². The topological polar surface area (TPSA) is 59.2 Å². The van der Waals surface area contributed by atoms with Gasteiger partial charge < -0.3 is 10.6 Å². The van der Waals surface area contributed by atoms with Crippen molar-refractivity contribution in [1.29, 1.82) is 0 Å². The van der Waals surface area contributed by atoms with Crippen molar-refractivity contribution in [2.75, 3.05) is 0 Å². The number of rotatable bonds is 2. The first kappa shape index (κ1) is 12.4. The molecule has 18 heavy (non-hydrogen) atoms. The summed E-state index contributed by atoms with van der Waals surface area (Å²) in [7, 11) is 0. The van der Waals surface area contributed by atoms with Crippen LogP contribution in [0.15, 0.2) is 6.20 Å². The van der Waals surface area contributed by atoms with E-state index in [1.165, 1.54) is 11.3 Å². The summed E-state index contributed by atoms with van der Waals surface area (Å²) in [5, 5.41) is 0.884. The molecule has 2 N–H and O–H groups in total. The first-order valence-electron chi connectivity index (χ1n) is 6.35. The highest BCUT2D eigenvalue weighted by molar-refractivity contribution is 7.15.